The summed E-state index contributed by atoms with van der Waals surface area (Å²) >= 11 is 0. The van der Waals surface area contributed by atoms with Gasteiger partial charge in [0.2, 0.25) is 5.91 Å². The van der Waals surface area contributed by atoms with Crippen LogP contribution < -0.4 is 0 Å². The summed E-state index contributed by atoms with van der Waals surface area (Å²) in [6.07, 6.45) is 8.52. The highest BCUT2D eigenvalue weighted by Crippen LogP contribution is 2.11. The second kappa shape index (κ2) is 7.87. The standard InChI is InChI=1S/C13H21NO3/c1-2-17-13(16)9-5-7-11-14-10-6-3-4-8-12(14)15/h7,11H,2-6,8-10H2,1H3/b11-7+. The van der Waals surface area contributed by atoms with Gasteiger partial charge < -0.3 is 9.64 Å². The van der Waals surface area contributed by atoms with Gasteiger partial charge in [0, 0.05) is 25.6 Å². The first-order valence-corrected chi connectivity index (χ1v) is 6.35. The maximum absolute atomic E-state index is 11.6. The van der Waals surface area contributed by atoms with Crippen LogP contribution in [-0.2, 0) is 14.3 Å². The highest BCUT2D eigenvalue weighted by Gasteiger charge is 2.13. The fourth-order valence-electron chi connectivity index (χ4n) is 1.80. The van der Waals surface area contributed by atoms with Gasteiger partial charge >= 0.3 is 5.97 Å². The zero-order valence-corrected chi connectivity index (χ0v) is 10.5. The smallest absolute Gasteiger partial charge is 0.306 e. The van der Waals surface area contributed by atoms with Crippen molar-refractivity contribution in [3.63, 3.8) is 0 Å². The maximum atomic E-state index is 11.6. The minimum atomic E-state index is -0.181. The summed E-state index contributed by atoms with van der Waals surface area (Å²) in [5, 5.41) is 0. The summed E-state index contributed by atoms with van der Waals surface area (Å²) in [5.74, 6) is 0.00854. The summed E-state index contributed by atoms with van der Waals surface area (Å²) in [5.41, 5.74) is 0. The van der Waals surface area contributed by atoms with Gasteiger partial charge in [0.1, 0.15) is 0 Å². The number of likely N-dealkylation sites (tertiary alicyclic amines) is 1. The van der Waals surface area contributed by atoms with Gasteiger partial charge in [-0.2, -0.15) is 0 Å². The van der Waals surface area contributed by atoms with Gasteiger partial charge in [-0.15, -0.1) is 0 Å². The molecule has 1 heterocycles. The molecule has 0 saturated carbocycles. The van der Waals surface area contributed by atoms with Crippen LogP contribution in [-0.4, -0.2) is 29.9 Å². The Morgan fingerprint density at radius 2 is 2.24 bits per heavy atom. The predicted molar refractivity (Wildman–Crippen MR) is 65.2 cm³/mol. The summed E-state index contributed by atoms with van der Waals surface area (Å²) < 4.78 is 4.82. The monoisotopic (exact) mass is 239 g/mol. The Hall–Kier alpha value is -1.32. The fraction of sp³-hybridized carbons (Fsp3) is 0.692. The van der Waals surface area contributed by atoms with Gasteiger partial charge in [0.15, 0.2) is 0 Å². The minimum Gasteiger partial charge on any atom is -0.466 e. The van der Waals surface area contributed by atoms with Crippen molar-refractivity contribution in [1.82, 2.24) is 4.90 Å². The highest BCUT2D eigenvalue weighted by atomic mass is 16.5. The normalized spacial score (nSPS) is 17.2. The van der Waals surface area contributed by atoms with E-state index in [1.807, 2.05) is 12.3 Å². The van der Waals surface area contributed by atoms with Crippen molar-refractivity contribution >= 4 is 11.9 Å². The first-order chi connectivity index (χ1) is 8.24. The van der Waals surface area contributed by atoms with Crippen LogP contribution in [0.1, 0.15) is 45.4 Å². The number of amides is 1. The fourth-order valence-corrected chi connectivity index (χ4v) is 1.80. The number of rotatable bonds is 5. The van der Waals surface area contributed by atoms with Gasteiger partial charge in [0.05, 0.1) is 6.61 Å². The van der Waals surface area contributed by atoms with E-state index in [0.29, 0.717) is 25.9 Å². The second-order valence-electron chi connectivity index (χ2n) is 4.13. The summed E-state index contributed by atoms with van der Waals surface area (Å²) in [7, 11) is 0. The first-order valence-electron chi connectivity index (χ1n) is 6.35. The summed E-state index contributed by atoms with van der Waals surface area (Å²) in [4.78, 5) is 24.5. The van der Waals surface area contributed by atoms with E-state index in [0.717, 1.165) is 25.8 Å². The van der Waals surface area contributed by atoms with E-state index in [1.165, 1.54) is 0 Å². The van der Waals surface area contributed by atoms with E-state index in [9.17, 15) is 9.59 Å². The lowest BCUT2D eigenvalue weighted by atomic mass is 10.2. The SMILES string of the molecule is CCOC(=O)CC/C=C/N1CCCCCC1=O. The third-order valence-electron chi connectivity index (χ3n) is 2.72. The number of ether oxygens (including phenoxy) is 1. The van der Waals surface area contributed by atoms with Crippen molar-refractivity contribution in [3.05, 3.63) is 12.3 Å². The van der Waals surface area contributed by atoms with Crippen molar-refractivity contribution < 1.29 is 14.3 Å². The molecule has 0 atom stereocenters. The lowest BCUT2D eigenvalue weighted by Gasteiger charge is -2.14. The van der Waals surface area contributed by atoms with Crippen LogP contribution in [0.25, 0.3) is 0 Å². The molecule has 0 aromatic carbocycles. The third-order valence-corrected chi connectivity index (χ3v) is 2.72. The molecule has 0 spiro atoms. The Morgan fingerprint density at radius 1 is 1.41 bits per heavy atom. The largest absolute Gasteiger partial charge is 0.466 e. The number of hydrogen-bond donors (Lipinski definition) is 0. The van der Waals surface area contributed by atoms with E-state index < -0.39 is 0 Å². The molecular weight excluding hydrogens is 218 g/mol. The van der Waals surface area contributed by atoms with Crippen LogP contribution in [0.2, 0.25) is 0 Å². The Balaban J connectivity index is 2.26. The minimum absolute atomic E-state index is 0.181. The molecule has 4 heteroatoms. The Labute approximate surface area is 103 Å². The average molecular weight is 239 g/mol. The molecule has 17 heavy (non-hydrogen) atoms. The van der Waals surface area contributed by atoms with Crippen molar-refractivity contribution in [2.24, 2.45) is 0 Å². The molecule has 0 unspecified atom stereocenters. The molecule has 0 aromatic rings. The maximum Gasteiger partial charge on any atom is 0.306 e. The Bertz CT molecular complexity index is 286. The van der Waals surface area contributed by atoms with Crippen LogP contribution in [0, 0.1) is 0 Å². The molecule has 1 amide bonds. The molecule has 96 valence electrons. The van der Waals surface area contributed by atoms with E-state index >= 15 is 0 Å². The number of hydrogen-bond acceptors (Lipinski definition) is 3. The lowest BCUT2D eigenvalue weighted by Crippen LogP contribution is -2.24. The van der Waals surface area contributed by atoms with Crippen LogP contribution in [0.5, 0.6) is 0 Å². The van der Waals surface area contributed by atoms with Crippen LogP contribution in [0.4, 0.5) is 0 Å². The summed E-state index contributed by atoms with van der Waals surface area (Å²) in [6, 6.07) is 0. The first kappa shape index (κ1) is 13.7. The number of allylic oxidation sites excluding steroid dienone is 1. The van der Waals surface area contributed by atoms with Crippen LogP contribution in [0.15, 0.2) is 12.3 Å². The van der Waals surface area contributed by atoms with Crippen molar-refractivity contribution in [2.45, 2.75) is 45.4 Å². The Kier molecular flexibility index (Phi) is 6.37. The van der Waals surface area contributed by atoms with E-state index in [4.69, 9.17) is 4.74 Å². The number of nitrogens with zero attached hydrogens (tertiary/aromatic N) is 1. The molecule has 1 rings (SSSR count). The van der Waals surface area contributed by atoms with Crippen molar-refractivity contribution in [3.8, 4) is 0 Å². The van der Waals surface area contributed by atoms with E-state index in [-0.39, 0.29) is 11.9 Å². The molecule has 4 nitrogen and oxygen atoms in total. The number of carbonyl (C=O) groups excluding carboxylic acids is 2. The molecule has 0 aromatic heterocycles. The molecule has 1 fully saturated rings. The molecule has 0 bridgehead atoms. The van der Waals surface area contributed by atoms with Gasteiger partial charge in [-0.3, -0.25) is 9.59 Å². The van der Waals surface area contributed by atoms with Crippen LogP contribution in [0.3, 0.4) is 0 Å². The van der Waals surface area contributed by atoms with Gasteiger partial charge in [-0.05, 0) is 26.2 Å². The average Bonchev–Trinajstić information content (AvgIpc) is 2.50. The quantitative estimate of drug-likeness (QED) is 0.691. The predicted octanol–water partition coefficient (Wildman–Crippen LogP) is 2.25. The van der Waals surface area contributed by atoms with E-state index in [2.05, 4.69) is 0 Å². The second-order valence-corrected chi connectivity index (χ2v) is 4.13. The third kappa shape index (κ3) is 5.52. The number of esters is 1. The van der Waals surface area contributed by atoms with Gasteiger partial charge in [-0.1, -0.05) is 12.5 Å². The van der Waals surface area contributed by atoms with E-state index in [1.54, 1.807) is 11.8 Å². The molecule has 1 saturated heterocycles. The zero-order chi connectivity index (χ0) is 12.5. The van der Waals surface area contributed by atoms with Crippen LogP contribution >= 0.6 is 0 Å². The highest BCUT2D eigenvalue weighted by molar-refractivity contribution is 5.77. The number of carbonyl (C=O) groups is 2. The molecule has 0 N–H and O–H groups in total. The molecule has 0 radical (unpaired) electrons. The van der Waals surface area contributed by atoms with Crippen molar-refractivity contribution in [2.75, 3.05) is 13.2 Å². The lowest BCUT2D eigenvalue weighted by molar-refractivity contribution is -0.143. The van der Waals surface area contributed by atoms with Crippen molar-refractivity contribution in [1.29, 1.82) is 0 Å². The van der Waals surface area contributed by atoms with Gasteiger partial charge in [0.25, 0.3) is 0 Å². The topological polar surface area (TPSA) is 46.6 Å². The molecule has 0 aliphatic carbocycles. The molecular formula is C13H21NO3. The Morgan fingerprint density at radius 3 is 3.00 bits per heavy atom. The molecule has 1 aliphatic rings. The summed E-state index contributed by atoms with van der Waals surface area (Å²) in [6.45, 7) is 3.02. The zero-order valence-electron chi connectivity index (χ0n) is 10.5. The molecule has 1 aliphatic heterocycles. The van der Waals surface area contributed by atoms with Gasteiger partial charge in [-0.25, -0.2) is 0 Å².